The molecular weight excluding hydrogens is 628 g/mol. The molecule has 0 rings (SSSR count). The van der Waals surface area contributed by atoms with Crippen LogP contribution in [0.1, 0.15) is 201 Å². The number of unbranched alkanes of at least 4 members (excludes halogenated alkanes) is 18. The van der Waals surface area contributed by atoms with Crippen molar-refractivity contribution in [3.8, 4) is 0 Å². The van der Waals surface area contributed by atoms with Crippen LogP contribution >= 0.6 is 0 Å². The van der Waals surface area contributed by atoms with Crippen molar-refractivity contribution >= 4 is 17.8 Å². The third-order valence-electron chi connectivity index (χ3n) is 9.53. The third-order valence-corrected chi connectivity index (χ3v) is 9.53. The van der Waals surface area contributed by atoms with E-state index in [2.05, 4.69) is 31.0 Å². The van der Waals surface area contributed by atoms with Crippen molar-refractivity contribution in [3.63, 3.8) is 0 Å². The van der Waals surface area contributed by atoms with Crippen LogP contribution in [0.25, 0.3) is 0 Å². The summed E-state index contributed by atoms with van der Waals surface area (Å²) in [5, 5.41) is 2.94. The van der Waals surface area contributed by atoms with Crippen molar-refractivity contribution in [2.75, 3.05) is 46.5 Å². The summed E-state index contributed by atoms with van der Waals surface area (Å²) in [6.45, 7) is 11.1. The molecule has 0 saturated carbocycles. The number of carbonyl (C=O) groups is 3. The molecule has 0 heterocycles. The smallest absolute Gasteiger partial charge is 0.306 e. The number of nitrogens with zero attached hydrogens (tertiary/aromatic N) is 1. The van der Waals surface area contributed by atoms with Crippen LogP contribution in [0.2, 0.25) is 0 Å². The largest absolute Gasteiger partial charge is 0.466 e. The van der Waals surface area contributed by atoms with Gasteiger partial charge < -0.3 is 24.4 Å². The second-order valence-corrected chi connectivity index (χ2v) is 14.5. The number of nitrogens with one attached hydrogen (secondary N) is 1. The summed E-state index contributed by atoms with van der Waals surface area (Å²) in [4.78, 5) is 38.8. The van der Waals surface area contributed by atoms with Gasteiger partial charge in [-0.3, -0.25) is 14.4 Å². The molecule has 1 N–H and O–H groups in total. The van der Waals surface area contributed by atoms with Gasteiger partial charge in [-0.25, -0.2) is 0 Å². The number of hydrogen-bond acceptors (Lipinski definition) is 7. The third kappa shape index (κ3) is 34.8. The fourth-order valence-corrected chi connectivity index (χ4v) is 6.39. The highest BCUT2D eigenvalue weighted by molar-refractivity contribution is 5.77. The highest BCUT2D eigenvalue weighted by Gasteiger charge is 2.14. The number of rotatable bonds is 39. The minimum Gasteiger partial charge on any atom is -0.466 e. The Labute approximate surface area is 309 Å². The Balaban J connectivity index is 4.23. The average molecular weight is 711 g/mol. The van der Waals surface area contributed by atoms with E-state index in [1.54, 1.807) is 0 Å². The van der Waals surface area contributed by atoms with Crippen molar-refractivity contribution < 1.29 is 28.6 Å². The number of carbonyl (C=O) groups excluding carboxylic acids is 3. The summed E-state index contributed by atoms with van der Waals surface area (Å²) in [7, 11) is 1.54. The van der Waals surface area contributed by atoms with Gasteiger partial charge in [-0.15, -0.1) is 0 Å². The van der Waals surface area contributed by atoms with Crippen molar-refractivity contribution in [1.82, 2.24) is 10.2 Å². The number of amides is 1. The van der Waals surface area contributed by atoms with Gasteiger partial charge >= 0.3 is 11.9 Å². The predicted molar refractivity (Wildman–Crippen MR) is 208 cm³/mol. The lowest BCUT2D eigenvalue weighted by atomic mass is 10.0. The highest BCUT2D eigenvalue weighted by Crippen LogP contribution is 2.17. The van der Waals surface area contributed by atoms with Crippen LogP contribution in [0.15, 0.2) is 0 Å². The van der Waals surface area contributed by atoms with E-state index in [-0.39, 0.29) is 30.6 Å². The molecule has 0 aromatic carbocycles. The summed E-state index contributed by atoms with van der Waals surface area (Å²) in [6, 6.07) is 0. The van der Waals surface area contributed by atoms with Crippen LogP contribution in [0, 0.1) is 0 Å². The molecule has 0 aliphatic heterocycles. The summed E-state index contributed by atoms with van der Waals surface area (Å²) in [6.07, 6.45) is 30.8. The maximum Gasteiger partial charge on any atom is 0.306 e. The molecule has 0 aromatic heterocycles. The molecule has 0 fully saturated rings. The van der Waals surface area contributed by atoms with Crippen molar-refractivity contribution in [2.24, 2.45) is 0 Å². The number of methoxy groups -OCH3 is 1. The van der Waals surface area contributed by atoms with Gasteiger partial charge in [0.2, 0.25) is 5.91 Å². The normalized spacial score (nSPS) is 11.9. The molecule has 0 aliphatic rings. The fraction of sp³-hybridized carbons (Fsp3) is 0.929. The molecule has 0 spiro atoms. The van der Waals surface area contributed by atoms with Gasteiger partial charge in [0.1, 0.15) is 12.7 Å². The van der Waals surface area contributed by atoms with E-state index in [1.807, 2.05) is 0 Å². The van der Waals surface area contributed by atoms with E-state index in [9.17, 15) is 14.4 Å². The number of hydrogen-bond donors (Lipinski definition) is 1. The van der Waals surface area contributed by atoms with Crippen LogP contribution < -0.4 is 5.32 Å². The maximum atomic E-state index is 12.6. The van der Waals surface area contributed by atoms with Gasteiger partial charge in [-0.05, 0) is 83.8 Å². The molecule has 8 heteroatoms. The summed E-state index contributed by atoms with van der Waals surface area (Å²) in [5.41, 5.74) is 0. The fourth-order valence-electron chi connectivity index (χ4n) is 6.39. The van der Waals surface area contributed by atoms with Crippen molar-refractivity contribution in [2.45, 2.75) is 207 Å². The second-order valence-electron chi connectivity index (χ2n) is 14.5. The Kier molecular flexibility index (Phi) is 37.3. The Morgan fingerprint density at radius 1 is 0.540 bits per heavy atom. The van der Waals surface area contributed by atoms with Gasteiger partial charge in [0.15, 0.2) is 0 Å². The minimum atomic E-state index is -0.0602. The van der Waals surface area contributed by atoms with Crippen LogP contribution in [0.3, 0.4) is 0 Å². The zero-order valence-corrected chi connectivity index (χ0v) is 33.5. The van der Waals surface area contributed by atoms with E-state index in [0.717, 1.165) is 116 Å². The molecule has 0 bridgehead atoms. The van der Waals surface area contributed by atoms with Gasteiger partial charge in [-0.1, -0.05) is 124 Å². The average Bonchev–Trinajstić information content (AvgIpc) is 3.10. The zero-order chi connectivity index (χ0) is 36.8. The predicted octanol–water partition coefficient (Wildman–Crippen LogP) is 10.5. The van der Waals surface area contributed by atoms with Crippen LogP contribution in [-0.4, -0.2) is 75.4 Å². The first-order valence-corrected chi connectivity index (χ1v) is 21.3. The standard InChI is InChI=1S/C42H82N2O6/c1-5-8-11-13-16-23-31-41(46)49-37-27-20-15-19-26-35-44(36-28-33-43-40(45)38-48-4)34-25-18-14-17-24-32-42(47)50-39(29-21-10-7-3)30-22-12-9-6-2/h39H,5-38H2,1-4H3,(H,43,45). The topological polar surface area (TPSA) is 94.2 Å². The van der Waals surface area contributed by atoms with Crippen molar-refractivity contribution in [1.29, 1.82) is 0 Å². The Morgan fingerprint density at radius 3 is 1.60 bits per heavy atom. The molecule has 50 heavy (non-hydrogen) atoms. The lowest BCUT2D eigenvalue weighted by Gasteiger charge is -2.22. The van der Waals surface area contributed by atoms with E-state index in [4.69, 9.17) is 14.2 Å². The molecule has 0 saturated heterocycles. The van der Waals surface area contributed by atoms with E-state index in [0.29, 0.717) is 26.0 Å². The van der Waals surface area contributed by atoms with Crippen LogP contribution in [0.4, 0.5) is 0 Å². The molecule has 1 unspecified atom stereocenters. The quantitative estimate of drug-likeness (QED) is 0.0501. The van der Waals surface area contributed by atoms with Gasteiger partial charge in [0.25, 0.3) is 0 Å². The van der Waals surface area contributed by atoms with Crippen LogP contribution in [-0.2, 0) is 28.6 Å². The molecule has 0 radical (unpaired) electrons. The van der Waals surface area contributed by atoms with E-state index in [1.165, 1.54) is 77.7 Å². The van der Waals surface area contributed by atoms with Gasteiger partial charge in [-0.2, -0.15) is 0 Å². The first-order valence-electron chi connectivity index (χ1n) is 21.3. The second kappa shape index (κ2) is 38.6. The van der Waals surface area contributed by atoms with Gasteiger partial charge in [0, 0.05) is 26.5 Å². The Bertz CT molecular complexity index is 765. The SMILES string of the molecule is CCCCCCCCC(=O)OCCCCCCCN(CCCCCCCC(=O)OC(CCCCC)CCCCCC)CCCNC(=O)COC. The first kappa shape index (κ1) is 48.3. The molecule has 0 aromatic rings. The van der Waals surface area contributed by atoms with Crippen LogP contribution in [0.5, 0.6) is 0 Å². The number of esters is 2. The first-order chi connectivity index (χ1) is 24.5. The zero-order valence-electron chi connectivity index (χ0n) is 33.5. The minimum absolute atomic E-state index is 0.00438. The van der Waals surface area contributed by atoms with E-state index < -0.39 is 0 Å². The molecule has 1 amide bonds. The maximum absolute atomic E-state index is 12.6. The van der Waals surface area contributed by atoms with Gasteiger partial charge in [0.05, 0.1) is 6.61 Å². The summed E-state index contributed by atoms with van der Waals surface area (Å²) in [5.74, 6) is -0.0999. The monoisotopic (exact) mass is 711 g/mol. The Morgan fingerprint density at radius 2 is 1.00 bits per heavy atom. The lowest BCUT2D eigenvalue weighted by Crippen LogP contribution is -2.32. The highest BCUT2D eigenvalue weighted by atomic mass is 16.5. The Hall–Kier alpha value is -1.67. The van der Waals surface area contributed by atoms with Crippen molar-refractivity contribution in [3.05, 3.63) is 0 Å². The van der Waals surface area contributed by atoms with E-state index >= 15 is 0 Å². The molecule has 8 nitrogen and oxygen atoms in total. The lowest BCUT2D eigenvalue weighted by molar-refractivity contribution is -0.150. The summed E-state index contributed by atoms with van der Waals surface area (Å²) < 4.78 is 16.3. The summed E-state index contributed by atoms with van der Waals surface area (Å²) >= 11 is 0. The molecule has 296 valence electrons. The molecular formula is C42H82N2O6. The molecule has 0 aliphatic carbocycles. The molecule has 1 atom stereocenters. The number of ether oxygens (including phenoxy) is 3.